The third-order valence-corrected chi connectivity index (χ3v) is 3.04. The number of anilines is 1. The first kappa shape index (κ1) is 13.0. The number of hydrogen-bond donors (Lipinski definition) is 2. The van der Waals surface area contributed by atoms with E-state index in [1.807, 2.05) is 13.1 Å². The summed E-state index contributed by atoms with van der Waals surface area (Å²) in [5, 5.41) is 10.3. The predicted octanol–water partition coefficient (Wildman–Crippen LogP) is 0.137. The summed E-state index contributed by atoms with van der Waals surface area (Å²) in [6, 6.07) is 0. The Morgan fingerprint density at radius 3 is 3.17 bits per heavy atom. The first-order valence-corrected chi connectivity index (χ1v) is 6.53. The van der Waals surface area contributed by atoms with Crippen LogP contribution in [-0.4, -0.2) is 53.3 Å². The van der Waals surface area contributed by atoms with Crippen LogP contribution >= 0.6 is 0 Å². The molecule has 2 rings (SSSR count). The molecular weight excluding hydrogens is 230 g/mol. The molecule has 1 aromatic rings. The third kappa shape index (κ3) is 3.82. The molecular formula is C12H21N5O. The normalized spacial score (nSPS) is 17.4. The van der Waals surface area contributed by atoms with Crippen molar-refractivity contribution in [3.05, 3.63) is 12.4 Å². The molecule has 0 saturated carbocycles. The summed E-state index contributed by atoms with van der Waals surface area (Å²) < 4.78 is 1.80. The van der Waals surface area contributed by atoms with Gasteiger partial charge in [-0.25, -0.2) is 0 Å². The van der Waals surface area contributed by atoms with Crippen molar-refractivity contribution in [1.82, 2.24) is 20.0 Å². The number of nitrogens with zero attached hydrogens (tertiary/aromatic N) is 3. The fraction of sp³-hybridized carbons (Fsp3) is 0.667. The van der Waals surface area contributed by atoms with E-state index in [2.05, 4.69) is 20.6 Å². The van der Waals surface area contributed by atoms with Gasteiger partial charge >= 0.3 is 0 Å². The number of rotatable bonds is 4. The molecule has 100 valence electrons. The molecule has 0 spiro atoms. The molecule has 0 aromatic carbocycles. The quantitative estimate of drug-likeness (QED) is 0.799. The Bertz CT molecular complexity index is 382. The van der Waals surface area contributed by atoms with Crippen LogP contribution in [0.15, 0.2) is 12.4 Å². The number of hydrogen-bond acceptors (Lipinski definition) is 4. The van der Waals surface area contributed by atoms with Crippen molar-refractivity contribution in [2.45, 2.75) is 19.9 Å². The number of nitrogens with one attached hydrogen (secondary N) is 2. The van der Waals surface area contributed by atoms with Gasteiger partial charge in [-0.2, -0.15) is 5.10 Å². The maximum Gasteiger partial charge on any atom is 0.238 e. The summed E-state index contributed by atoms with van der Waals surface area (Å²) in [4.78, 5) is 14.1. The van der Waals surface area contributed by atoms with Gasteiger partial charge in [0.25, 0.3) is 0 Å². The minimum atomic E-state index is 0.0348. The molecule has 18 heavy (non-hydrogen) atoms. The van der Waals surface area contributed by atoms with Crippen LogP contribution in [0.4, 0.5) is 5.69 Å². The number of amides is 1. The average molecular weight is 251 g/mol. The van der Waals surface area contributed by atoms with Crippen LogP contribution in [0.3, 0.4) is 0 Å². The highest BCUT2D eigenvalue weighted by atomic mass is 16.2. The molecule has 1 saturated heterocycles. The highest BCUT2D eigenvalue weighted by molar-refractivity contribution is 5.91. The summed E-state index contributed by atoms with van der Waals surface area (Å²) in [5.74, 6) is 0.0348. The fourth-order valence-corrected chi connectivity index (χ4v) is 2.06. The highest BCUT2D eigenvalue weighted by Crippen LogP contribution is 2.05. The van der Waals surface area contributed by atoms with Crippen molar-refractivity contribution < 1.29 is 4.79 Å². The van der Waals surface area contributed by atoms with Gasteiger partial charge < -0.3 is 10.6 Å². The first-order chi connectivity index (χ1) is 8.78. The van der Waals surface area contributed by atoms with E-state index in [4.69, 9.17) is 0 Å². The number of carbonyl (C=O) groups is 1. The van der Waals surface area contributed by atoms with Gasteiger partial charge in [-0.15, -0.1) is 0 Å². The zero-order valence-corrected chi connectivity index (χ0v) is 10.9. The first-order valence-electron chi connectivity index (χ1n) is 6.53. The molecule has 1 aliphatic heterocycles. The summed E-state index contributed by atoms with van der Waals surface area (Å²) in [7, 11) is 0. The predicted molar refractivity (Wildman–Crippen MR) is 70.5 cm³/mol. The average Bonchev–Trinajstić information content (AvgIpc) is 2.65. The van der Waals surface area contributed by atoms with Crippen molar-refractivity contribution in [3.8, 4) is 0 Å². The highest BCUT2D eigenvalue weighted by Gasteiger charge is 2.13. The van der Waals surface area contributed by atoms with Gasteiger partial charge in [-0.05, 0) is 26.4 Å². The Morgan fingerprint density at radius 2 is 2.39 bits per heavy atom. The van der Waals surface area contributed by atoms with Crippen LogP contribution in [-0.2, 0) is 11.3 Å². The molecule has 0 atom stereocenters. The van der Waals surface area contributed by atoms with E-state index in [0.717, 1.165) is 44.8 Å². The van der Waals surface area contributed by atoms with E-state index in [1.54, 1.807) is 10.9 Å². The Labute approximate surface area is 107 Å². The Morgan fingerprint density at radius 1 is 1.50 bits per heavy atom. The van der Waals surface area contributed by atoms with Crippen LogP contribution < -0.4 is 10.6 Å². The lowest BCUT2D eigenvalue weighted by Gasteiger charge is -2.18. The third-order valence-electron chi connectivity index (χ3n) is 3.04. The monoisotopic (exact) mass is 251 g/mol. The SMILES string of the molecule is CCn1cc(NC(=O)CN2CCCNCC2)cn1. The van der Waals surface area contributed by atoms with Crippen LogP contribution in [0.1, 0.15) is 13.3 Å². The second-order valence-corrected chi connectivity index (χ2v) is 4.51. The summed E-state index contributed by atoms with van der Waals surface area (Å²) >= 11 is 0. The van der Waals surface area contributed by atoms with Crippen LogP contribution in [0, 0.1) is 0 Å². The van der Waals surface area contributed by atoms with Crippen LogP contribution in [0.2, 0.25) is 0 Å². The zero-order valence-electron chi connectivity index (χ0n) is 10.9. The molecule has 6 nitrogen and oxygen atoms in total. The lowest BCUT2D eigenvalue weighted by Crippen LogP contribution is -2.35. The Hall–Kier alpha value is -1.40. The molecule has 0 bridgehead atoms. The van der Waals surface area contributed by atoms with Crippen molar-refractivity contribution >= 4 is 11.6 Å². The van der Waals surface area contributed by atoms with Gasteiger partial charge in [0.05, 0.1) is 18.4 Å². The van der Waals surface area contributed by atoms with Gasteiger partial charge in [0.15, 0.2) is 0 Å². The molecule has 1 aromatic heterocycles. The molecule has 6 heteroatoms. The van der Waals surface area contributed by atoms with Crippen molar-refractivity contribution in [2.75, 3.05) is 38.0 Å². The molecule has 1 aliphatic rings. The van der Waals surface area contributed by atoms with Gasteiger partial charge in [-0.1, -0.05) is 0 Å². The largest absolute Gasteiger partial charge is 0.322 e. The van der Waals surface area contributed by atoms with Gasteiger partial charge in [0.2, 0.25) is 5.91 Å². The Kier molecular flexibility index (Phi) is 4.72. The standard InChI is InChI=1S/C12H21N5O/c1-2-17-9-11(8-14-17)15-12(18)10-16-6-3-4-13-5-7-16/h8-9,13H,2-7,10H2,1H3,(H,15,18). The van der Waals surface area contributed by atoms with E-state index in [9.17, 15) is 4.79 Å². The van der Waals surface area contributed by atoms with Crippen LogP contribution in [0.25, 0.3) is 0 Å². The van der Waals surface area contributed by atoms with Crippen molar-refractivity contribution in [1.29, 1.82) is 0 Å². The van der Waals surface area contributed by atoms with E-state index in [1.165, 1.54) is 0 Å². The fourth-order valence-electron chi connectivity index (χ4n) is 2.06. The van der Waals surface area contributed by atoms with Gasteiger partial charge in [0.1, 0.15) is 0 Å². The summed E-state index contributed by atoms with van der Waals surface area (Å²) in [6.07, 6.45) is 4.63. The van der Waals surface area contributed by atoms with E-state index in [-0.39, 0.29) is 5.91 Å². The molecule has 1 fully saturated rings. The lowest BCUT2D eigenvalue weighted by atomic mass is 10.4. The zero-order chi connectivity index (χ0) is 12.8. The molecule has 0 radical (unpaired) electrons. The number of aromatic nitrogens is 2. The molecule has 0 aliphatic carbocycles. The van der Waals surface area contributed by atoms with Crippen molar-refractivity contribution in [2.24, 2.45) is 0 Å². The number of carbonyl (C=O) groups excluding carboxylic acids is 1. The Balaban J connectivity index is 1.80. The minimum absolute atomic E-state index is 0.0348. The second kappa shape index (κ2) is 6.51. The van der Waals surface area contributed by atoms with Crippen molar-refractivity contribution in [3.63, 3.8) is 0 Å². The second-order valence-electron chi connectivity index (χ2n) is 4.51. The van der Waals surface area contributed by atoms with Gasteiger partial charge in [-0.3, -0.25) is 14.4 Å². The minimum Gasteiger partial charge on any atom is -0.322 e. The molecule has 1 amide bonds. The van der Waals surface area contributed by atoms with Crippen LogP contribution in [0.5, 0.6) is 0 Å². The van der Waals surface area contributed by atoms with E-state index in [0.29, 0.717) is 6.54 Å². The topological polar surface area (TPSA) is 62.2 Å². The number of aryl methyl sites for hydroxylation is 1. The smallest absolute Gasteiger partial charge is 0.238 e. The van der Waals surface area contributed by atoms with Gasteiger partial charge in [0, 0.05) is 25.8 Å². The summed E-state index contributed by atoms with van der Waals surface area (Å²) in [5.41, 5.74) is 0.773. The maximum absolute atomic E-state index is 11.9. The maximum atomic E-state index is 11.9. The molecule has 2 heterocycles. The molecule has 0 unspecified atom stereocenters. The summed E-state index contributed by atoms with van der Waals surface area (Å²) in [6.45, 7) is 7.20. The lowest BCUT2D eigenvalue weighted by molar-refractivity contribution is -0.117. The molecule has 2 N–H and O–H groups in total. The van der Waals surface area contributed by atoms with E-state index < -0.39 is 0 Å². The van der Waals surface area contributed by atoms with E-state index >= 15 is 0 Å².